The predicted molar refractivity (Wildman–Crippen MR) is 106 cm³/mol. The molecule has 0 spiro atoms. The van der Waals surface area contributed by atoms with Crippen LogP contribution in [0, 0.1) is 0 Å². The van der Waals surface area contributed by atoms with Gasteiger partial charge in [0.1, 0.15) is 0 Å². The maximum atomic E-state index is 13.0. The zero-order valence-electron chi connectivity index (χ0n) is 15.2. The number of hydrogen-bond donors (Lipinski definition) is 1. The smallest absolute Gasteiger partial charge is 0.290 e. The van der Waals surface area contributed by atoms with Crippen molar-refractivity contribution in [3.63, 3.8) is 0 Å². The van der Waals surface area contributed by atoms with Crippen LogP contribution in [0.5, 0.6) is 0 Å². The molecule has 2 aromatic rings. The van der Waals surface area contributed by atoms with Crippen LogP contribution >= 0.6 is 11.6 Å². The number of carbonyl (C=O) groups is 2. The molecule has 0 aromatic heterocycles. The van der Waals surface area contributed by atoms with Crippen molar-refractivity contribution in [1.29, 1.82) is 0 Å². The summed E-state index contributed by atoms with van der Waals surface area (Å²) in [5.41, 5.74) is 2.00. The number of hydrogen-bond acceptors (Lipinski definition) is 3. The molecule has 1 amide bonds. The lowest BCUT2D eigenvalue weighted by molar-refractivity contribution is -0.129. The van der Waals surface area contributed by atoms with Gasteiger partial charge in [0.25, 0.3) is 5.91 Å². The van der Waals surface area contributed by atoms with Crippen molar-refractivity contribution in [2.24, 2.45) is 0 Å². The van der Waals surface area contributed by atoms with Crippen molar-refractivity contribution < 1.29 is 14.7 Å². The number of Topliss-reactive ketones (excluding diaryl/α,β-unsaturated/α-hetero) is 1. The van der Waals surface area contributed by atoms with Crippen LogP contribution in [0.1, 0.15) is 36.9 Å². The standard InChI is InChI=1S/C22H22ClNO3/c1-2-14-24-20(16-9-11-17(23)12-10-16)19(21(26)22(24)27)18(25)13-8-15-6-4-3-5-7-15/h3-7,9-12,20,26H,2,8,13-14H2,1H3. The molecule has 27 heavy (non-hydrogen) atoms. The van der Waals surface area contributed by atoms with Crippen LogP contribution < -0.4 is 0 Å². The molecule has 4 nitrogen and oxygen atoms in total. The Kier molecular flexibility index (Phi) is 5.97. The minimum atomic E-state index is -0.571. The van der Waals surface area contributed by atoms with Gasteiger partial charge in [-0.05, 0) is 36.1 Å². The molecule has 0 saturated carbocycles. The van der Waals surface area contributed by atoms with E-state index >= 15 is 0 Å². The number of amides is 1. The summed E-state index contributed by atoms with van der Waals surface area (Å²) in [7, 11) is 0. The third kappa shape index (κ3) is 4.06. The summed E-state index contributed by atoms with van der Waals surface area (Å²) in [5, 5.41) is 11.0. The van der Waals surface area contributed by atoms with E-state index in [1.165, 1.54) is 0 Å². The number of rotatable bonds is 7. The van der Waals surface area contributed by atoms with E-state index in [-0.39, 0.29) is 17.8 Å². The zero-order chi connectivity index (χ0) is 19.4. The monoisotopic (exact) mass is 383 g/mol. The van der Waals surface area contributed by atoms with Crippen LogP contribution in [0.25, 0.3) is 0 Å². The first-order valence-corrected chi connectivity index (χ1v) is 9.47. The highest BCUT2D eigenvalue weighted by atomic mass is 35.5. The maximum absolute atomic E-state index is 13.0. The van der Waals surface area contributed by atoms with Crippen LogP contribution in [-0.2, 0) is 16.0 Å². The molecule has 5 heteroatoms. The lowest BCUT2D eigenvalue weighted by Gasteiger charge is -2.26. The summed E-state index contributed by atoms with van der Waals surface area (Å²) in [6, 6.07) is 16.2. The van der Waals surface area contributed by atoms with E-state index in [0.29, 0.717) is 18.0 Å². The number of halogens is 1. The van der Waals surface area contributed by atoms with E-state index in [9.17, 15) is 14.7 Å². The van der Waals surface area contributed by atoms with Gasteiger partial charge in [0.2, 0.25) is 0 Å². The van der Waals surface area contributed by atoms with Crippen molar-refractivity contribution in [2.45, 2.75) is 32.2 Å². The summed E-state index contributed by atoms with van der Waals surface area (Å²) in [6.07, 6.45) is 1.53. The first kappa shape index (κ1) is 19.2. The molecule has 1 aliphatic rings. The lowest BCUT2D eigenvalue weighted by atomic mass is 9.93. The Bertz CT molecular complexity index is 859. The number of aryl methyl sites for hydroxylation is 1. The Morgan fingerprint density at radius 3 is 2.41 bits per heavy atom. The van der Waals surface area contributed by atoms with Gasteiger partial charge in [0.05, 0.1) is 11.6 Å². The second kappa shape index (κ2) is 8.40. The fourth-order valence-electron chi connectivity index (χ4n) is 3.44. The molecule has 1 aliphatic heterocycles. The van der Waals surface area contributed by atoms with Crippen molar-refractivity contribution in [2.75, 3.05) is 6.54 Å². The van der Waals surface area contributed by atoms with Gasteiger partial charge in [-0.3, -0.25) is 9.59 Å². The quantitative estimate of drug-likeness (QED) is 0.757. The molecule has 0 radical (unpaired) electrons. The number of benzene rings is 2. The summed E-state index contributed by atoms with van der Waals surface area (Å²) in [4.78, 5) is 27.1. The Morgan fingerprint density at radius 2 is 1.78 bits per heavy atom. The fraction of sp³-hybridized carbons (Fsp3) is 0.273. The van der Waals surface area contributed by atoms with E-state index in [1.54, 1.807) is 29.2 Å². The van der Waals surface area contributed by atoms with Gasteiger partial charge in [-0.1, -0.05) is 61.0 Å². The first-order valence-electron chi connectivity index (χ1n) is 9.09. The van der Waals surface area contributed by atoms with Crippen LogP contribution in [0.15, 0.2) is 65.9 Å². The largest absolute Gasteiger partial charge is 0.503 e. The molecule has 1 atom stereocenters. The van der Waals surface area contributed by atoms with Gasteiger partial charge in [0, 0.05) is 18.0 Å². The topological polar surface area (TPSA) is 57.6 Å². The van der Waals surface area contributed by atoms with Crippen molar-refractivity contribution >= 4 is 23.3 Å². The van der Waals surface area contributed by atoms with E-state index in [2.05, 4.69) is 0 Å². The summed E-state index contributed by atoms with van der Waals surface area (Å²) in [5.74, 6) is -1.12. The maximum Gasteiger partial charge on any atom is 0.290 e. The van der Waals surface area contributed by atoms with Gasteiger partial charge in [-0.2, -0.15) is 0 Å². The lowest BCUT2D eigenvalue weighted by Crippen LogP contribution is -2.31. The van der Waals surface area contributed by atoms with Crippen LogP contribution in [-0.4, -0.2) is 28.2 Å². The molecule has 1 unspecified atom stereocenters. The second-order valence-corrected chi connectivity index (χ2v) is 7.06. The third-order valence-electron chi connectivity index (χ3n) is 4.74. The molecule has 1 heterocycles. The molecule has 0 aliphatic carbocycles. The minimum Gasteiger partial charge on any atom is -0.503 e. The van der Waals surface area contributed by atoms with Gasteiger partial charge >= 0.3 is 0 Å². The first-order chi connectivity index (χ1) is 13.0. The summed E-state index contributed by atoms with van der Waals surface area (Å²) in [6.45, 7) is 2.42. The molecule has 2 aromatic carbocycles. The molecule has 0 saturated heterocycles. The predicted octanol–water partition coefficient (Wildman–Crippen LogP) is 4.65. The van der Waals surface area contributed by atoms with Gasteiger partial charge < -0.3 is 10.0 Å². The Balaban J connectivity index is 1.90. The molecular weight excluding hydrogens is 362 g/mol. The molecule has 140 valence electrons. The van der Waals surface area contributed by atoms with Crippen molar-refractivity contribution in [1.82, 2.24) is 4.90 Å². The fourth-order valence-corrected chi connectivity index (χ4v) is 3.56. The number of ketones is 1. The summed E-state index contributed by atoms with van der Waals surface area (Å²) >= 11 is 5.98. The molecule has 0 bridgehead atoms. The van der Waals surface area contributed by atoms with Crippen molar-refractivity contribution in [3.8, 4) is 0 Å². The van der Waals surface area contributed by atoms with Crippen LogP contribution in [0.2, 0.25) is 5.02 Å². The molecule has 0 fully saturated rings. The second-order valence-electron chi connectivity index (χ2n) is 6.62. The van der Waals surface area contributed by atoms with Gasteiger partial charge in [0.15, 0.2) is 11.5 Å². The molecule has 1 N–H and O–H groups in total. The number of aliphatic hydroxyl groups is 1. The average Bonchev–Trinajstić information content (AvgIpc) is 2.93. The van der Waals surface area contributed by atoms with Gasteiger partial charge in [-0.15, -0.1) is 0 Å². The van der Waals surface area contributed by atoms with E-state index in [1.807, 2.05) is 37.3 Å². The normalized spacial score (nSPS) is 16.9. The van der Waals surface area contributed by atoms with E-state index < -0.39 is 17.7 Å². The summed E-state index contributed by atoms with van der Waals surface area (Å²) < 4.78 is 0. The minimum absolute atomic E-state index is 0.187. The van der Waals surface area contributed by atoms with Crippen LogP contribution in [0.4, 0.5) is 0 Å². The SMILES string of the molecule is CCCN1C(=O)C(O)=C(C(=O)CCc2ccccc2)C1c1ccc(Cl)cc1. The highest BCUT2D eigenvalue weighted by molar-refractivity contribution is 6.30. The Hall–Kier alpha value is -2.59. The Labute approximate surface area is 164 Å². The molecular formula is C22H22ClNO3. The third-order valence-corrected chi connectivity index (χ3v) is 4.99. The molecule has 3 rings (SSSR count). The number of nitrogens with zero attached hydrogens (tertiary/aromatic N) is 1. The van der Waals surface area contributed by atoms with E-state index in [4.69, 9.17) is 11.6 Å². The highest BCUT2D eigenvalue weighted by Gasteiger charge is 2.42. The van der Waals surface area contributed by atoms with Crippen molar-refractivity contribution in [3.05, 3.63) is 82.1 Å². The average molecular weight is 384 g/mol. The number of aliphatic hydroxyl groups excluding tert-OH is 1. The number of carbonyl (C=O) groups excluding carboxylic acids is 2. The van der Waals surface area contributed by atoms with Gasteiger partial charge in [-0.25, -0.2) is 0 Å². The Morgan fingerprint density at radius 1 is 1.11 bits per heavy atom. The zero-order valence-corrected chi connectivity index (χ0v) is 15.9. The van der Waals surface area contributed by atoms with Crippen LogP contribution in [0.3, 0.4) is 0 Å². The highest BCUT2D eigenvalue weighted by Crippen LogP contribution is 2.38. The van der Waals surface area contributed by atoms with E-state index in [0.717, 1.165) is 17.5 Å².